The second-order valence-corrected chi connectivity index (χ2v) is 17.7. The summed E-state index contributed by atoms with van der Waals surface area (Å²) in [5, 5.41) is -0.140. The standard InChI is InChI=1S/C23H37NO4SeSi/c1-21(2,3)28-20(26)24-17(16-27-30(8,9)22(4,5)6)15-23(7,19(24)25)29-18-13-11-10-12-14-18/h10-14,17H,15-16H2,1-9H3/t17-,23-/m0/s1/i7D3,15D/t15-,17+,23+/m1. The predicted octanol–water partition coefficient (Wildman–Crippen LogP) is 4.75. The van der Waals surface area contributed by atoms with Crippen molar-refractivity contribution in [1.29, 1.82) is 0 Å². The van der Waals surface area contributed by atoms with Gasteiger partial charge in [0.25, 0.3) is 0 Å². The molecule has 1 heterocycles. The third kappa shape index (κ3) is 5.97. The summed E-state index contributed by atoms with van der Waals surface area (Å²) in [4.78, 5) is 27.9. The SMILES string of the molecule is [2H][C@@H]1[C@@H](CO[Si](C)(C)C(C)(C)C)N(C(=O)OC(C)(C)C)C(=O)[C@]1([Se]c1ccccc1)C([2H])([2H])[2H]. The van der Waals surface area contributed by atoms with Crippen LogP contribution in [0, 0.1) is 0 Å². The molecule has 1 saturated heterocycles. The molecule has 2 amide bonds. The zero-order valence-electron chi connectivity index (χ0n) is 23.2. The molecule has 168 valence electrons. The van der Waals surface area contributed by atoms with Crippen LogP contribution in [0.25, 0.3) is 0 Å². The van der Waals surface area contributed by atoms with Gasteiger partial charge in [0.1, 0.15) is 0 Å². The second-order valence-electron chi connectivity index (χ2n) is 10.1. The third-order valence-electron chi connectivity index (χ3n) is 5.33. The van der Waals surface area contributed by atoms with E-state index >= 15 is 0 Å². The second kappa shape index (κ2) is 8.77. The van der Waals surface area contributed by atoms with E-state index in [9.17, 15) is 9.59 Å². The number of amides is 2. The number of rotatable bonds is 5. The number of carbonyl (C=O) groups excluding carboxylic acids is 2. The van der Waals surface area contributed by atoms with Gasteiger partial charge in [0.05, 0.1) is 0 Å². The molecule has 1 aliphatic rings. The first-order chi connectivity index (χ1) is 15.2. The van der Waals surface area contributed by atoms with Crippen LogP contribution in [0.5, 0.6) is 0 Å². The quantitative estimate of drug-likeness (QED) is 0.545. The number of hydrogen-bond acceptors (Lipinski definition) is 4. The summed E-state index contributed by atoms with van der Waals surface area (Å²) in [7, 11) is -2.31. The van der Waals surface area contributed by atoms with Crippen LogP contribution in [0.4, 0.5) is 4.79 Å². The van der Waals surface area contributed by atoms with Crippen molar-refractivity contribution < 1.29 is 24.2 Å². The Morgan fingerprint density at radius 3 is 2.37 bits per heavy atom. The van der Waals surface area contributed by atoms with Gasteiger partial charge in [-0.15, -0.1) is 0 Å². The average Bonchev–Trinajstić information content (AvgIpc) is 2.86. The number of benzene rings is 1. The monoisotopic (exact) mass is 503 g/mol. The summed E-state index contributed by atoms with van der Waals surface area (Å²) in [5.41, 5.74) is -0.893. The van der Waals surface area contributed by atoms with Crippen LogP contribution in [0.15, 0.2) is 30.3 Å². The molecule has 0 radical (unpaired) electrons. The van der Waals surface area contributed by atoms with E-state index in [1.54, 1.807) is 51.1 Å². The Morgan fingerprint density at radius 1 is 1.27 bits per heavy atom. The topological polar surface area (TPSA) is 55.8 Å². The molecule has 5 nitrogen and oxygen atoms in total. The fourth-order valence-electron chi connectivity index (χ4n) is 2.66. The van der Waals surface area contributed by atoms with Gasteiger partial charge in [-0.1, -0.05) is 0 Å². The summed E-state index contributed by atoms with van der Waals surface area (Å²) in [6, 6.07) is 7.79. The average molecular weight is 503 g/mol. The molecule has 2 rings (SSSR count). The molecule has 0 spiro atoms. The Kier molecular flexibility index (Phi) is 5.71. The maximum atomic E-state index is 13.9. The summed E-state index contributed by atoms with van der Waals surface area (Å²) in [6.07, 6.45) is -2.33. The molecule has 0 N–H and O–H groups in total. The summed E-state index contributed by atoms with van der Waals surface area (Å²) >= 11 is -0.936. The van der Waals surface area contributed by atoms with Crippen molar-refractivity contribution in [2.24, 2.45) is 0 Å². The van der Waals surface area contributed by atoms with Gasteiger partial charge in [-0.3, -0.25) is 0 Å². The van der Waals surface area contributed by atoms with Gasteiger partial charge in [0.2, 0.25) is 0 Å². The Labute approximate surface area is 194 Å². The van der Waals surface area contributed by atoms with E-state index in [-0.39, 0.29) is 11.6 Å². The van der Waals surface area contributed by atoms with E-state index in [0.29, 0.717) is 4.46 Å². The van der Waals surface area contributed by atoms with E-state index in [2.05, 4.69) is 20.8 Å². The number of nitrogens with zero attached hydrogens (tertiary/aromatic N) is 1. The third-order valence-corrected chi connectivity index (χ3v) is 12.2. The van der Waals surface area contributed by atoms with E-state index in [1.807, 2.05) is 13.1 Å². The van der Waals surface area contributed by atoms with Gasteiger partial charge in [-0.25, -0.2) is 0 Å². The van der Waals surface area contributed by atoms with E-state index in [4.69, 9.17) is 14.6 Å². The molecule has 1 aromatic carbocycles. The first kappa shape index (κ1) is 19.5. The minimum atomic E-state index is -2.79. The van der Waals surface area contributed by atoms with Crippen molar-refractivity contribution in [3.8, 4) is 0 Å². The summed E-state index contributed by atoms with van der Waals surface area (Å²) in [5.74, 6) is -0.880. The molecule has 0 aromatic heterocycles. The van der Waals surface area contributed by atoms with Gasteiger partial charge in [0, 0.05) is 0 Å². The van der Waals surface area contributed by atoms with E-state index in [0.717, 1.165) is 4.90 Å². The van der Waals surface area contributed by atoms with Crippen LogP contribution in [-0.4, -0.2) is 58.4 Å². The predicted molar refractivity (Wildman–Crippen MR) is 125 cm³/mol. The van der Waals surface area contributed by atoms with Crippen LogP contribution in [0.1, 0.15) is 60.3 Å². The van der Waals surface area contributed by atoms with Crippen LogP contribution < -0.4 is 4.46 Å². The Hall–Kier alpha value is -1.14. The molecule has 0 bridgehead atoms. The Bertz CT molecular complexity index is 899. The fourth-order valence-corrected chi connectivity index (χ4v) is 5.94. The summed E-state index contributed by atoms with van der Waals surface area (Å²) in [6.45, 7) is 12.4. The van der Waals surface area contributed by atoms with Crippen molar-refractivity contribution >= 4 is 39.7 Å². The zero-order valence-corrected chi connectivity index (χ0v) is 22.0. The minimum absolute atomic E-state index is 0.0989. The van der Waals surface area contributed by atoms with Gasteiger partial charge in [-0.05, 0) is 0 Å². The molecule has 3 atom stereocenters. The van der Waals surface area contributed by atoms with Crippen molar-refractivity contribution in [2.75, 3.05) is 6.61 Å². The molecule has 1 fully saturated rings. The Morgan fingerprint density at radius 2 is 1.87 bits per heavy atom. The van der Waals surface area contributed by atoms with Gasteiger partial charge >= 0.3 is 195 Å². The van der Waals surface area contributed by atoms with Crippen molar-refractivity contribution in [3.63, 3.8) is 0 Å². The number of imide groups is 1. The first-order valence-corrected chi connectivity index (χ1v) is 14.7. The number of likely N-dealkylation sites (tertiary alicyclic amines) is 1. The molecule has 1 aliphatic heterocycles. The molecule has 30 heavy (non-hydrogen) atoms. The molecule has 7 heteroatoms. The molecule has 0 unspecified atom stereocenters. The molecule has 0 saturated carbocycles. The van der Waals surface area contributed by atoms with Crippen LogP contribution in [0.3, 0.4) is 0 Å². The molecular formula is C23H37NO4SeSi. The van der Waals surface area contributed by atoms with Gasteiger partial charge in [-0.2, -0.15) is 0 Å². The maximum absolute atomic E-state index is 13.9. The number of ether oxygens (including phenoxy) is 1. The van der Waals surface area contributed by atoms with Crippen LogP contribution >= 0.6 is 0 Å². The van der Waals surface area contributed by atoms with Gasteiger partial charge in [0.15, 0.2) is 0 Å². The van der Waals surface area contributed by atoms with E-state index < -0.39 is 64.5 Å². The van der Waals surface area contributed by atoms with Crippen molar-refractivity contribution in [1.82, 2.24) is 4.90 Å². The van der Waals surface area contributed by atoms with Crippen LogP contribution in [-0.2, 0) is 14.0 Å². The molecule has 1 aromatic rings. The Balaban J connectivity index is 2.58. The number of carbonyl (C=O) groups is 2. The first-order valence-electron chi connectivity index (χ1n) is 12.2. The van der Waals surface area contributed by atoms with E-state index in [1.165, 1.54) is 0 Å². The zero-order chi connectivity index (χ0) is 26.3. The molecular weight excluding hydrogens is 461 g/mol. The molecule has 0 aliphatic carbocycles. The van der Waals surface area contributed by atoms with Crippen molar-refractivity contribution in [2.45, 2.75) is 88.9 Å². The summed E-state index contributed by atoms with van der Waals surface area (Å²) < 4.78 is 44.5. The van der Waals surface area contributed by atoms with Gasteiger partial charge < -0.3 is 0 Å². The fraction of sp³-hybridized carbons (Fsp3) is 0.652. The van der Waals surface area contributed by atoms with Crippen LogP contribution in [0.2, 0.25) is 22.4 Å². The van der Waals surface area contributed by atoms with Crippen molar-refractivity contribution in [3.05, 3.63) is 30.3 Å². The normalized spacial score (nSPS) is 27.9. The number of hydrogen-bond donors (Lipinski definition) is 0.